The van der Waals surface area contributed by atoms with Crippen molar-refractivity contribution in [1.82, 2.24) is 9.80 Å². The molecule has 0 aromatic carbocycles. The predicted octanol–water partition coefficient (Wildman–Crippen LogP) is 1.53. The molecule has 0 bridgehead atoms. The molecule has 0 aromatic heterocycles. The summed E-state index contributed by atoms with van der Waals surface area (Å²) in [5, 5.41) is 8.94. The highest BCUT2D eigenvalue weighted by molar-refractivity contribution is 5.67. The van der Waals surface area contributed by atoms with Crippen molar-refractivity contribution in [2.75, 3.05) is 45.9 Å². The van der Waals surface area contributed by atoms with E-state index in [1.807, 2.05) is 0 Å². The van der Waals surface area contributed by atoms with Crippen LogP contribution in [0.3, 0.4) is 0 Å². The largest absolute Gasteiger partial charge is 0.481 e. The first-order chi connectivity index (χ1) is 10.0. The lowest BCUT2D eigenvalue weighted by Crippen LogP contribution is -2.50. The number of piperidine rings is 1. The van der Waals surface area contributed by atoms with Crippen LogP contribution < -0.4 is 0 Å². The predicted molar refractivity (Wildman–Crippen MR) is 82.4 cm³/mol. The molecule has 0 aromatic rings. The van der Waals surface area contributed by atoms with Crippen LogP contribution in [0.2, 0.25) is 0 Å². The quantitative estimate of drug-likeness (QED) is 0.806. The zero-order valence-corrected chi connectivity index (χ0v) is 13.5. The second-order valence-corrected chi connectivity index (χ2v) is 7.01. The Bertz CT molecular complexity index is 335. The van der Waals surface area contributed by atoms with Crippen LogP contribution in [0.5, 0.6) is 0 Å². The van der Waals surface area contributed by atoms with E-state index in [9.17, 15) is 4.79 Å². The third-order valence-corrected chi connectivity index (χ3v) is 4.37. The minimum absolute atomic E-state index is 0.279. The zero-order chi connectivity index (χ0) is 15.2. The van der Waals surface area contributed by atoms with Gasteiger partial charge in [-0.25, -0.2) is 0 Å². The van der Waals surface area contributed by atoms with E-state index < -0.39 is 5.97 Å². The molecule has 2 saturated heterocycles. The van der Waals surface area contributed by atoms with Gasteiger partial charge in [-0.3, -0.25) is 9.69 Å². The molecule has 0 amide bonds. The van der Waals surface area contributed by atoms with Gasteiger partial charge in [0.15, 0.2) is 0 Å². The van der Waals surface area contributed by atoms with Crippen molar-refractivity contribution in [3.63, 3.8) is 0 Å². The standard InChI is InChI=1S/C16H30N2O3/c1-13(2)9-18-6-7-21-15(12-18)11-17-5-3-4-14(10-17)8-16(19)20/h13-15H,3-12H2,1-2H3,(H,19,20). The maximum Gasteiger partial charge on any atom is 0.303 e. The number of hydrogen-bond donors (Lipinski definition) is 1. The minimum atomic E-state index is -0.668. The lowest BCUT2D eigenvalue weighted by molar-refractivity contribution is -0.138. The number of morpholine rings is 1. The molecule has 2 heterocycles. The highest BCUT2D eigenvalue weighted by atomic mass is 16.5. The van der Waals surface area contributed by atoms with Crippen molar-refractivity contribution >= 4 is 5.97 Å². The summed E-state index contributed by atoms with van der Waals surface area (Å²) in [4.78, 5) is 15.8. The molecular weight excluding hydrogens is 268 g/mol. The topological polar surface area (TPSA) is 53.0 Å². The van der Waals surface area contributed by atoms with E-state index in [1.54, 1.807) is 0 Å². The monoisotopic (exact) mass is 298 g/mol. The Morgan fingerprint density at radius 2 is 2.10 bits per heavy atom. The van der Waals surface area contributed by atoms with Gasteiger partial charge < -0.3 is 14.7 Å². The number of carboxylic acid groups (broad SMARTS) is 1. The van der Waals surface area contributed by atoms with Gasteiger partial charge in [0, 0.05) is 39.1 Å². The third-order valence-electron chi connectivity index (χ3n) is 4.37. The number of nitrogens with zero attached hydrogens (tertiary/aromatic N) is 2. The first kappa shape index (κ1) is 16.7. The zero-order valence-electron chi connectivity index (χ0n) is 13.5. The lowest BCUT2D eigenvalue weighted by atomic mass is 9.94. The first-order valence-corrected chi connectivity index (χ1v) is 8.31. The fourth-order valence-corrected chi connectivity index (χ4v) is 3.59. The van der Waals surface area contributed by atoms with Gasteiger partial charge in [0.05, 0.1) is 12.7 Å². The van der Waals surface area contributed by atoms with E-state index in [0.717, 1.165) is 58.7 Å². The van der Waals surface area contributed by atoms with Gasteiger partial charge in [-0.15, -0.1) is 0 Å². The Morgan fingerprint density at radius 1 is 1.29 bits per heavy atom. The van der Waals surface area contributed by atoms with Crippen molar-refractivity contribution in [2.24, 2.45) is 11.8 Å². The van der Waals surface area contributed by atoms with Crippen LogP contribution >= 0.6 is 0 Å². The van der Waals surface area contributed by atoms with Crippen LogP contribution in [0.1, 0.15) is 33.1 Å². The Hall–Kier alpha value is -0.650. The van der Waals surface area contributed by atoms with Crippen LogP contribution in [0, 0.1) is 11.8 Å². The summed E-state index contributed by atoms with van der Waals surface area (Å²) in [7, 11) is 0. The van der Waals surface area contributed by atoms with Gasteiger partial charge in [0.2, 0.25) is 0 Å². The van der Waals surface area contributed by atoms with Crippen molar-refractivity contribution in [3.8, 4) is 0 Å². The molecule has 5 heteroatoms. The summed E-state index contributed by atoms with van der Waals surface area (Å²) in [5.74, 6) is 0.337. The fraction of sp³-hybridized carbons (Fsp3) is 0.938. The first-order valence-electron chi connectivity index (χ1n) is 8.31. The Labute approximate surface area is 128 Å². The molecule has 2 aliphatic rings. The van der Waals surface area contributed by atoms with Crippen LogP contribution in [0.15, 0.2) is 0 Å². The SMILES string of the molecule is CC(C)CN1CCOC(CN2CCCC(CC(=O)O)C2)C1. The molecule has 2 aliphatic heterocycles. The van der Waals surface area contributed by atoms with Crippen LogP contribution in [-0.4, -0.2) is 72.9 Å². The van der Waals surface area contributed by atoms with Crippen molar-refractivity contribution in [2.45, 2.75) is 39.2 Å². The summed E-state index contributed by atoms with van der Waals surface area (Å²) in [6, 6.07) is 0. The molecule has 0 saturated carbocycles. The number of rotatable bonds is 6. The van der Waals surface area contributed by atoms with Gasteiger partial charge in [0.25, 0.3) is 0 Å². The molecule has 5 nitrogen and oxygen atoms in total. The molecule has 2 unspecified atom stereocenters. The second kappa shape index (κ2) is 8.11. The molecule has 2 fully saturated rings. The van der Waals surface area contributed by atoms with E-state index >= 15 is 0 Å². The van der Waals surface area contributed by atoms with Gasteiger partial charge in [0.1, 0.15) is 0 Å². The van der Waals surface area contributed by atoms with Crippen molar-refractivity contribution in [1.29, 1.82) is 0 Å². The molecule has 0 radical (unpaired) electrons. The number of likely N-dealkylation sites (tertiary alicyclic amines) is 1. The Morgan fingerprint density at radius 3 is 2.81 bits per heavy atom. The molecule has 2 rings (SSSR count). The molecular formula is C16H30N2O3. The van der Waals surface area contributed by atoms with Crippen molar-refractivity contribution in [3.05, 3.63) is 0 Å². The summed E-state index contributed by atoms with van der Waals surface area (Å²) in [6.45, 7) is 11.5. The molecule has 0 spiro atoms. The smallest absolute Gasteiger partial charge is 0.303 e. The van der Waals surface area contributed by atoms with Gasteiger partial charge in [-0.05, 0) is 31.2 Å². The molecule has 21 heavy (non-hydrogen) atoms. The molecule has 2 atom stereocenters. The van der Waals surface area contributed by atoms with E-state index in [1.165, 1.54) is 0 Å². The highest BCUT2D eigenvalue weighted by Gasteiger charge is 2.27. The number of aliphatic carboxylic acids is 1. The summed E-state index contributed by atoms with van der Waals surface area (Å²) >= 11 is 0. The number of ether oxygens (including phenoxy) is 1. The maximum absolute atomic E-state index is 10.9. The molecule has 0 aliphatic carbocycles. The van der Waals surface area contributed by atoms with E-state index in [2.05, 4.69) is 23.6 Å². The lowest BCUT2D eigenvalue weighted by Gasteiger charge is -2.38. The fourth-order valence-electron chi connectivity index (χ4n) is 3.59. The maximum atomic E-state index is 10.9. The second-order valence-electron chi connectivity index (χ2n) is 7.01. The van der Waals surface area contributed by atoms with Gasteiger partial charge in [-0.1, -0.05) is 13.8 Å². The van der Waals surface area contributed by atoms with Crippen LogP contribution in [0.25, 0.3) is 0 Å². The summed E-state index contributed by atoms with van der Waals surface area (Å²) in [6.07, 6.45) is 2.75. The number of hydrogen-bond acceptors (Lipinski definition) is 4. The molecule has 122 valence electrons. The molecule has 1 N–H and O–H groups in total. The van der Waals surface area contributed by atoms with Gasteiger partial charge >= 0.3 is 5.97 Å². The summed E-state index contributed by atoms with van der Waals surface area (Å²) in [5.41, 5.74) is 0. The van der Waals surface area contributed by atoms with E-state index in [0.29, 0.717) is 18.3 Å². The number of carbonyl (C=O) groups is 1. The van der Waals surface area contributed by atoms with Crippen LogP contribution in [-0.2, 0) is 9.53 Å². The number of carboxylic acids is 1. The van der Waals surface area contributed by atoms with E-state index in [-0.39, 0.29) is 6.10 Å². The average Bonchev–Trinajstić information content (AvgIpc) is 2.37. The van der Waals surface area contributed by atoms with Gasteiger partial charge in [-0.2, -0.15) is 0 Å². The third kappa shape index (κ3) is 5.93. The minimum Gasteiger partial charge on any atom is -0.481 e. The average molecular weight is 298 g/mol. The van der Waals surface area contributed by atoms with Crippen LogP contribution in [0.4, 0.5) is 0 Å². The highest BCUT2D eigenvalue weighted by Crippen LogP contribution is 2.20. The Kier molecular flexibility index (Phi) is 6.45. The summed E-state index contributed by atoms with van der Waals surface area (Å²) < 4.78 is 5.91. The van der Waals surface area contributed by atoms with Crippen molar-refractivity contribution < 1.29 is 14.6 Å². The normalized spacial score (nSPS) is 28.9. The Balaban J connectivity index is 1.76. The van der Waals surface area contributed by atoms with E-state index in [4.69, 9.17) is 9.84 Å².